The normalized spacial score (nSPS) is 26.7. The van der Waals surface area contributed by atoms with Gasteiger partial charge in [0, 0.05) is 25.5 Å². The van der Waals surface area contributed by atoms with E-state index in [1.807, 2.05) is 6.20 Å². The summed E-state index contributed by atoms with van der Waals surface area (Å²) in [6.45, 7) is 0.843. The molecule has 0 radical (unpaired) electrons. The molecular formula is C11H19N3O. The van der Waals surface area contributed by atoms with Crippen LogP contribution in [0.2, 0.25) is 0 Å². The molecule has 4 nitrogen and oxygen atoms in total. The van der Waals surface area contributed by atoms with Gasteiger partial charge in [0.15, 0.2) is 0 Å². The summed E-state index contributed by atoms with van der Waals surface area (Å²) < 4.78 is 5.34. The Bertz CT molecular complexity index is 265. The van der Waals surface area contributed by atoms with Crippen LogP contribution >= 0.6 is 0 Å². The summed E-state index contributed by atoms with van der Waals surface area (Å²) in [7, 11) is 1.81. The number of nitrogens with zero attached hydrogens (tertiary/aromatic N) is 1. The van der Waals surface area contributed by atoms with Gasteiger partial charge in [-0.2, -0.15) is 0 Å². The third-order valence-electron chi connectivity index (χ3n) is 3.12. The number of hydrogen-bond acceptors (Lipinski definition) is 3. The second kappa shape index (κ2) is 5.28. The number of H-pyrrole nitrogens is 1. The van der Waals surface area contributed by atoms with Crippen LogP contribution < -0.4 is 5.32 Å². The highest BCUT2D eigenvalue weighted by molar-refractivity contribution is 4.87. The Morgan fingerprint density at radius 1 is 1.47 bits per heavy atom. The monoisotopic (exact) mass is 209 g/mol. The zero-order valence-corrected chi connectivity index (χ0v) is 9.20. The lowest BCUT2D eigenvalue weighted by atomic mass is 9.93. The van der Waals surface area contributed by atoms with Gasteiger partial charge in [0.1, 0.15) is 5.82 Å². The van der Waals surface area contributed by atoms with E-state index in [1.54, 1.807) is 13.3 Å². The average Bonchev–Trinajstić information content (AvgIpc) is 2.80. The molecule has 4 heteroatoms. The maximum absolute atomic E-state index is 5.34. The van der Waals surface area contributed by atoms with Crippen molar-refractivity contribution in [3.05, 3.63) is 18.2 Å². The summed E-state index contributed by atoms with van der Waals surface area (Å²) in [5.74, 6) is 1.02. The van der Waals surface area contributed by atoms with Gasteiger partial charge in [-0.05, 0) is 25.7 Å². The molecule has 1 aliphatic rings. The van der Waals surface area contributed by atoms with Crippen LogP contribution in [-0.4, -0.2) is 29.2 Å². The zero-order valence-electron chi connectivity index (χ0n) is 9.20. The molecule has 0 atom stereocenters. The van der Waals surface area contributed by atoms with E-state index in [9.17, 15) is 0 Å². The molecule has 2 rings (SSSR count). The third kappa shape index (κ3) is 3.04. The minimum absolute atomic E-state index is 0.478. The second-order valence-electron chi connectivity index (χ2n) is 4.13. The van der Waals surface area contributed by atoms with Crippen molar-refractivity contribution in [2.45, 2.75) is 44.4 Å². The number of nitrogens with one attached hydrogen (secondary N) is 2. The Kier molecular flexibility index (Phi) is 3.75. The Morgan fingerprint density at radius 3 is 2.87 bits per heavy atom. The van der Waals surface area contributed by atoms with E-state index in [0.717, 1.165) is 12.4 Å². The first-order valence-corrected chi connectivity index (χ1v) is 5.63. The fourth-order valence-corrected chi connectivity index (χ4v) is 2.14. The molecule has 0 aromatic carbocycles. The molecular weight excluding hydrogens is 190 g/mol. The van der Waals surface area contributed by atoms with E-state index >= 15 is 0 Å². The first-order valence-electron chi connectivity index (χ1n) is 5.63. The van der Waals surface area contributed by atoms with Gasteiger partial charge in [0.25, 0.3) is 0 Å². The Hall–Kier alpha value is -0.870. The van der Waals surface area contributed by atoms with Gasteiger partial charge in [-0.3, -0.25) is 0 Å². The standard InChI is InChI=1S/C11H19N3O/c1-15-10-4-2-9(3-5-10)14-8-11-12-6-7-13-11/h6-7,9-10,14H,2-5,8H2,1H3,(H,12,13). The van der Waals surface area contributed by atoms with E-state index in [2.05, 4.69) is 15.3 Å². The molecule has 0 amide bonds. The smallest absolute Gasteiger partial charge is 0.120 e. The number of aromatic nitrogens is 2. The maximum atomic E-state index is 5.34. The molecule has 1 fully saturated rings. The minimum Gasteiger partial charge on any atom is -0.381 e. The highest BCUT2D eigenvalue weighted by Gasteiger charge is 2.20. The van der Waals surface area contributed by atoms with Crippen LogP contribution in [0.1, 0.15) is 31.5 Å². The summed E-state index contributed by atoms with van der Waals surface area (Å²) in [5.41, 5.74) is 0. The number of imidazole rings is 1. The Morgan fingerprint density at radius 2 is 2.27 bits per heavy atom. The summed E-state index contributed by atoms with van der Waals surface area (Å²) in [6.07, 6.45) is 8.89. The largest absolute Gasteiger partial charge is 0.381 e. The van der Waals surface area contributed by atoms with Gasteiger partial charge in [-0.25, -0.2) is 4.98 Å². The third-order valence-corrected chi connectivity index (χ3v) is 3.12. The van der Waals surface area contributed by atoms with Crippen molar-refractivity contribution >= 4 is 0 Å². The van der Waals surface area contributed by atoms with E-state index in [1.165, 1.54) is 25.7 Å². The fraction of sp³-hybridized carbons (Fsp3) is 0.727. The Balaban J connectivity index is 1.69. The van der Waals surface area contributed by atoms with E-state index in [4.69, 9.17) is 4.74 Å². The van der Waals surface area contributed by atoms with Crippen molar-refractivity contribution in [2.24, 2.45) is 0 Å². The highest BCUT2D eigenvalue weighted by atomic mass is 16.5. The summed E-state index contributed by atoms with van der Waals surface area (Å²) in [6, 6.07) is 0.626. The zero-order chi connectivity index (χ0) is 10.5. The topological polar surface area (TPSA) is 49.9 Å². The van der Waals surface area contributed by atoms with E-state index in [-0.39, 0.29) is 0 Å². The van der Waals surface area contributed by atoms with E-state index < -0.39 is 0 Å². The molecule has 15 heavy (non-hydrogen) atoms. The molecule has 0 saturated heterocycles. The number of rotatable bonds is 4. The number of hydrogen-bond donors (Lipinski definition) is 2. The van der Waals surface area contributed by atoms with Crippen molar-refractivity contribution in [1.29, 1.82) is 0 Å². The van der Waals surface area contributed by atoms with Gasteiger partial charge in [-0.15, -0.1) is 0 Å². The van der Waals surface area contributed by atoms with E-state index in [0.29, 0.717) is 12.1 Å². The van der Waals surface area contributed by atoms with Crippen molar-refractivity contribution in [2.75, 3.05) is 7.11 Å². The molecule has 1 heterocycles. The van der Waals surface area contributed by atoms with Crippen molar-refractivity contribution in [3.63, 3.8) is 0 Å². The number of aromatic amines is 1. The molecule has 1 saturated carbocycles. The highest BCUT2D eigenvalue weighted by Crippen LogP contribution is 2.20. The summed E-state index contributed by atoms with van der Waals surface area (Å²) in [4.78, 5) is 7.29. The predicted octanol–water partition coefficient (Wildman–Crippen LogP) is 1.46. The lowest BCUT2D eigenvalue weighted by Gasteiger charge is -2.28. The Labute approximate surface area is 90.4 Å². The first kappa shape index (κ1) is 10.6. The predicted molar refractivity (Wildman–Crippen MR) is 58.5 cm³/mol. The number of ether oxygens (including phenoxy) is 1. The van der Waals surface area contributed by atoms with Crippen molar-refractivity contribution in [3.8, 4) is 0 Å². The van der Waals surface area contributed by atoms with Crippen LogP contribution in [0.3, 0.4) is 0 Å². The molecule has 0 unspecified atom stereocenters. The average molecular weight is 209 g/mol. The minimum atomic E-state index is 0.478. The van der Waals surface area contributed by atoms with Gasteiger partial charge in [0.05, 0.1) is 12.6 Å². The molecule has 1 aromatic heterocycles. The molecule has 0 bridgehead atoms. The quantitative estimate of drug-likeness (QED) is 0.789. The van der Waals surface area contributed by atoms with Gasteiger partial charge in [-0.1, -0.05) is 0 Å². The molecule has 1 aromatic rings. The fourth-order valence-electron chi connectivity index (χ4n) is 2.14. The lowest BCUT2D eigenvalue weighted by Crippen LogP contribution is -2.34. The molecule has 1 aliphatic carbocycles. The van der Waals surface area contributed by atoms with Crippen molar-refractivity contribution < 1.29 is 4.74 Å². The first-order chi connectivity index (χ1) is 7.38. The summed E-state index contributed by atoms with van der Waals surface area (Å²) >= 11 is 0. The van der Waals surface area contributed by atoms with Gasteiger partial charge in [0.2, 0.25) is 0 Å². The lowest BCUT2D eigenvalue weighted by molar-refractivity contribution is 0.0623. The van der Waals surface area contributed by atoms with Crippen LogP contribution in [0.15, 0.2) is 12.4 Å². The molecule has 0 spiro atoms. The molecule has 84 valence electrons. The SMILES string of the molecule is COC1CCC(NCc2ncc[nH]2)CC1. The van der Waals surface area contributed by atoms with Gasteiger partial charge >= 0.3 is 0 Å². The molecule has 0 aliphatic heterocycles. The second-order valence-corrected chi connectivity index (χ2v) is 4.13. The van der Waals surface area contributed by atoms with Crippen LogP contribution in [0, 0.1) is 0 Å². The van der Waals surface area contributed by atoms with Gasteiger partial charge < -0.3 is 15.0 Å². The molecule has 2 N–H and O–H groups in total. The van der Waals surface area contributed by atoms with Crippen LogP contribution in [0.4, 0.5) is 0 Å². The van der Waals surface area contributed by atoms with Crippen molar-refractivity contribution in [1.82, 2.24) is 15.3 Å². The summed E-state index contributed by atoms with van der Waals surface area (Å²) in [5, 5.41) is 3.52. The van der Waals surface area contributed by atoms with Crippen LogP contribution in [0.25, 0.3) is 0 Å². The van der Waals surface area contributed by atoms with Crippen LogP contribution in [-0.2, 0) is 11.3 Å². The number of methoxy groups -OCH3 is 1. The maximum Gasteiger partial charge on any atom is 0.120 e. The van der Waals surface area contributed by atoms with Crippen LogP contribution in [0.5, 0.6) is 0 Å².